The molecule has 9 nitrogen and oxygen atoms in total. The normalized spacial score (nSPS) is 22.0. The van der Waals surface area contributed by atoms with Crippen LogP contribution in [0.15, 0.2) is 35.7 Å². The molecule has 3 heterocycles. The van der Waals surface area contributed by atoms with Crippen molar-refractivity contribution >= 4 is 29.2 Å². The van der Waals surface area contributed by atoms with Gasteiger partial charge in [-0.1, -0.05) is 63.5 Å². The van der Waals surface area contributed by atoms with E-state index in [4.69, 9.17) is 4.74 Å². The third-order valence-electron chi connectivity index (χ3n) is 10.1. The van der Waals surface area contributed by atoms with Gasteiger partial charge in [0.25, 0.3) is 0 Å². The van der Waals surface area contributed by atoms with E-state index in [2.05, 4.69) is 16.0 Å². The molecule has 2 aromatic rings. The second-order valence-corrected chi connectivity index (χ2v) is 14.3. The number of carbonyl (C=O) groups is 3. The van der Waals surface area contributed by atoms with Crippen LogP contribution in [0.25, 0.3) is 0 Å². The molecule has 1 aromatic carbocycles. The van der Waals surface area contributed by atoms with Crippen LogP contribution >= 0.6 is 11.3 Å². The number of ether oxygens (including phenoxy) is 1. The largest absolute Gasteiger partial charge is 0.415 e. The second-order valence-electron chi connectivity index (χ2n) is 13.3. The van der Waals surface area contributed by atoms with E-state index in [1.165, 1.54) is 62.5 Å². The number of nitrogens with zero attached hydrogens (tertiary/aromatic N) is 2. The van der Waals surface area contributed by atoms with E-state index in [0.717, 1.165) is 43.6 Å². The van der Waals surface area contributed by atoms with Crippen LogP contribution < -0.4 is 20.7 Å². The molecule has 0 unspecified atom stereocenters. The summed E-state index contributed by atoms with van der Waals surface area (Å²) in [5, 5.41) is 12.2. The molecule has 2 aliphatic carbocycles. The standard InChI is InChI=1S/C35H49N5O4S/c41-33(37-23-30-12-7-19-45-30)32-24-39(35(43)44-29-14-13-27-22-36-16-15-26(27)21-29)17-18-40(32)34(42)31(20-25-8-3-1-4-9-25)38-28-10-5-2-6-11-28/h7,12-14,19,21,25,28,31-32,36,38H,1-6,8-11,15-18,20,22-24H2,(H,37,41)/t31-,32+/m1/s1. The molecule has 0 bridgehead atoms. The summed E-state index contributed by atoms with van der Waals surface area (Å²) in [5.41, 5.74) is 2.41. The molecule has 2 saturated carbocycles. The highest BCUT2D eigenvalue weighted by molar-refractivity contribution is 7.09. The predicted octanol–water partition coefficient (Wildman–Crippen LogP) is 4.98. The predicted molar refractivity (Wildman–Crippen MR) is 176 cm³/mol. The van der Waals surface area contributed by atoms with Crippen molar-refractivity contribution in [3.05, 3.63) is 51.7 Å². The zero-order chi connectivity index (χ0) is 31.0. The van der Waals surface area contributed by atoms with Crippen LogP contribution in [0.4, 0.5) is 4.79 Å². The van der Waals surface area contributed by atoms with Crippen molar-refractivity contribution in [2.75, 3.05) is 26.2 Å². The maximum Gasteiger partial charge on any atom is 0.415 e. The molecular weight excluding hydrogens is 586 g/mol. The van der Waals surface area contributed by atoms with Crippen LogP contribution in [0.5, 0.6) is 5.75 Å². The van der Waals surface area contributed by atoms with Gasteiger partial charge in [0.2, 0.25) is 11.8 Å². The Labute approximate surface area is 271 Å². The zero-order valence-corrected chi connectivity index (χ0v) is 27.3. The first-order chi connectivity index (χ1) is 22.0. The summed E-state index contributed by atoms with van der Waals surface area (Å²) in [6.45, 7) is 2.85. The van der Waals surface area contributed by atoms with Gasteiger partial charge in [0.15, 0.2) is 0 Å². The van der Waals surface area contributed by atoms with Gasteiger partial charge in [0.05, 0.1) is 19.1 Å². The number of benzene rings is 1. The molecule has 4 aliphatic rings. The Bertz CT molecular complexity index is 1270. The number of hydrogen-bond acceptors (Lipinski definition) is 7. The number of amides is 3. The molecule has 1 aromatic heterocycles. The Morgan fingerprint density at radius 2 is 1.78 bits per heavy atom. The third-order valence-corrected chi connectivity index (χ3v) is 11.0. The Hall–Kier alpha value is -2.95. The molecule has 3 N–H and O–H groups in total. The van der Waals surface area contributed by atoms with E-state index < -0.39 is 12.1 Å². The zero-order valence-electron chi connectivity index (χ0n) is 26.4. The lowest BCUT2D eigenvalue weighted by Crippen LogP contribution is -2.64. The first-order valence-corrected chi connectivity index (χ1v) is 18.1. The minimum absolute atomic E-state index is 0.00117. The second kappa shape index (κ2) is 15.6. The maximum atomic E-state index is 14.4. The quantitative estimate of drug-likeness (QED) is 0.359. The highest BCUT2D eigenvalue weighted by Crippen LogP contribution is 2.30. The Morgan fingerprint density at radius 1 is 0.978 bits per heavy atom. The van der Waals surface area contributed by atoms with Crippen molar-refractivity contribution in [1.29, 1.82) is 0 Å². The highest BCUT2D eigenvalue weighted by atomic mass is 32.1. The van der Waals surface area contributed by atoms with Gasteiger partial charge in [0, 0.05) is 30.6 Å². The van der Waals surface area contributed by atoms with Gasteiger partial charge >= 0.3 is 6.09 Å². The van der Waals surface area contributed by atoms with Crippen LogP contribution in [0.2, 0.25) is 0 Å². The van der Waals surface area contributed by atoms with Gasteiger partial charge in [-0.2, -0.15) is 0 Å². The van der Waals surface area contributed by atoms with Crippen molar-refractivity contribution in [2.45, 2.75) is 108 Å². The molecule has 0 spiro atoms. The lowest BCUT2D eigenvalue weighted by molar-refractivity contribution is -0.145. The van der Waals surface area contributed by atoms with E-state index in [1.54, 1.807) is 21.1 Å². The molecular formula is C35H49N5O4S. The molecule has 2 atom stereocenters. The molecule has 45 heavy (non-hydrogen) atoms. The van der Waals surface area contributed by atoms with Crippen LogP contribution in [0.3, 0.4) is 0 Å². The Morgan fingerprint density at radius 3 is 2.56 bits per heavy atom. The summed E-state index contributed by atoms with van der Waals surface area (Å²) < 4.78 is 5.83. The Kier molecular flexibility index (Phi) is 11.1. The van der Waals surface area contributed by atoms with Crippen LogP contribution in [0, 0.1) is 5.92 Å². The Balaban J connectivity index is 1.17. The summed E-state index contributed by atoms with van der Waals surface area (Å²) in [4.78, 5) is 46.1. The molecule has 1 saturated heterocycles. The fourth-order valence-corrected chi connectivity index (χ4v) is 8.22. The lowest BCUT2D eigenvalue weighted by Gasteiger charge is -2.42. The number of thiophene rings is 1. The molecule has 0 radical (unpaired) electrons. The molecule has 6 rings (SSSR count). The average molecular weight is 636 g/mol. The van der Waals surface area contributed by atoms with Crippen molar-refractivity contribution in [3.63, 3.8) is 0 Å². The summed E-state index contributed by atoms with van der Waals surface area (Å²) in [5.74, 6) is 0.809. The first kappa shape index (κ1) is 32.0. The van der Waals surface area contributed by atoms with Gasteiger partial charge in [-0.15, -0.1) is 11.3 Å². The van der Waals surface area contributed by atoms with E-state index in [-0.39, 0.29) is 24.4 Å². The van der Waals surface area contributed by atoms with Gasteiger partial charge in [-0.05, 0) is 72.9 Å². The summed E-state index contributed by atoms with van der Waals surface area (Å²) in [6.07, 6.45) is 13.1. The molecule has 3 fully saturated rings. The van der Waals surface area contributed by atoms with Gasteiger partial charge in [0.1, 0.15) is 11.8 Å². The highest BCUT2D eigenvalue weighted by Gasteiger charge is 2.41. The number of fused-ring (bicyclic) bond motifs is 1. The van der Waals surface area contributed by atoms with Crippen LogP contribution in [0.1, 0.15) is 86.6 Å². The topological polar surface area (TPSA) is 103 Å². The van der Waals surface area contributed by atoms with E-state index in [1.807, 2.05) is 35.7 Å². The van der Waals surface area contributed by atoms with Gasteiger partial charge in [-0.3, -0.25) is 9.59 Å². The van der Waals surface area contributed by atoms with Gasteiger partial charge in [-0.25, -0.2) is 4.79 Å². The number of nitrogens with one attached hydrogen (secondary N) is 3. The number of hydrogen-bond donors (Lipinski definition) is 3. The number of carbonyl (C=O) groups excluding carboxylic acids is 3. The monoisotopic (exact) mass is 635 g/mol. The summed E-state index contributed by atoms with van der Waals surface area (Å²) in [7, 11) is 0. The van der Waals surface area contributed by atoms with Crippen LogP contribution in [-0.2, 0) is 29.1 Å². The minimum Gasteiger partial charge on any atom is -0.410 e. The van der Waals surface area contributed by atoms with Crippen molar-refractivity contribution in [3.8, 4) is 5.75 Å². The van der Waals surface area contributed by atoms with E-state index in [9.17, 15) is 14.4 Å². The minimum atomic E-state index is -0.782. The number of rotatable bonds is 9. The smallest absolute Gasteiger partial charge is 0.410 e. The van der Waals surface area contributed by atoms with Crippen molar-refractivity contribution in [2.24, 2.45) is 5.92 Å². The average Bonchev–Trinajstić information content (AvgIpc) is 3.61. The molecule has 3 amide bonds. The maximum absolute atomic E-state index is 14.4. The fraction of sp³-hybridized carbons (Fsp3) is 0.629. The summed E-state index contributed by atoms with van der Waals surface area (Å²) in [6, 6.07) is 8.99. The SMILES string of the molecule is O=C(NCc1cccs1)[C@@H]1CN(C(=O)Oc2ccc3c(c2)CCNC3)CCN1C(=O)[C@@H](CC1CCCCC1)NC1CCCCC1. The van der Waals surface area contributed by atoms with E-state index >= 15 is 0 Å². The fourth-order valence-electron chi connectivity index (χ4n) is 7.57. The summed E-state index contributed by atoms with van der Waals surface area (Å²) >= 11 is 1.58. The molecule has 2 aliphatic heterocycles. The molecule has 244 valence electrons. The third kappa shape index (κ3) is 8.45. The van der Waals surface area contributed by atoms with Crippen molar-refractivity contribution in [1.82, 2.24) is 25.8 Å². The van der Waals surface area contributed by atoms with Gasteiger partial charge < -0.3 is 30.5 Å². The van der Waals surface area contributed by atoms with E-state index in [0.29, 0.717) is 37.3 Å². The number of piperazine rings is 1. The first-order valence-electron chi connectivity index (χ1n) is 17.2. The molecule has 10 heteroatoms. The lowest BCUT2D eigenvalue weighted by atomic mass is 9.83. The van der Waals surface area contributed by atoms with Crippen LogP contribution in [-0.4, -0.2) is 72.0 Å². The van der Waals surface area contributed by atoms with Crippen molar-refractivity contribution < 1.29 is 19.1 Å².